The fourth-order valence-electron chi connectivity index (χ4n) is 1.72. The van der Waals surface area contributed by atoms with Gasteiger partial charge in [0.05, 0.1) is 5.69 Å². The molecule has 18 heavy (non-hydrogen) atoms. The molecular formula is C13H12N4S. The van der Waals surface area contributed by atoms with Gasteiger partial charge in [-0.2, -0.15) is 5.10 Å². The first-order chi connectivity index (χ1) is 8.72. The van der Waals surface area contributed by atoms with Gasteiger partial charge in [0, 0.05) is 22.8 Å². The molecule has 0 spiro atoms. The lowest BCUT2D eigenvalue weighted by Gasteiger charge is -2.04. The molecule has 0 fully saturated rings. The second-order valence-electron chi connectivity index (χ2n) is 4.01. The molecule has 0 aliphatic rings. The first-order valence-electron chi connectivity index (χ1n) is 5.57. The van der Waals surface area contributed by atoms with Crippen molar-refractivity contribution >= 4 is 23.1 Å². The van der Waals surface area contributed by atoms with E-state index in [1.54, 1.807) is 18.0 Å². The monoisotopic (exact) mass is 256 g/mol. The smallest absolute Gasteiger partial charge is 0.156 e. The molecule has 2 N–H and O–H groups in total. The van der Waals surface area contributed by atoms with Gasteiger partial charge in [-0.25, -0.2) is 9.50 Å². The first kappa shape index (κ1) is 11.1. The number of benzene rings is 1. The van der Waals surface area contributed by atoms with Crippen LogP contribution in [0.3, 0.4) is 0 Å². The molecule has 0 radical (unpaired) electrons. The number of nitrogens with zero attached hydrogens (tertiary/aromatic N) is 3. The van der Waals surface area contributed by atoms with Crippen LogP contribution in [0.5, 0.6) is 0 Å². The van der Waals surface area contributed by atoms with Gasteiger partial charge in [-0.05, 0) is 37.3 Å². The normalized spacial score (nSPS) is 10.9. The van der Waals surface area contributed by atoms with Gasteiger partial charge in [-0.1, -0.05) is 11.8 Å². The summed E-state index contributed by atoms with van der Waals surface area (Å²) in [6.45, 7) is 1.96. The van der Waals surface area contributed by atoms with E-state index in [4.69, 9.17) is 5.73 Å². The molecule has 0 saturated heterocycles. The van der Waals surface area contributed by atoms with Crippen molar-refractivity contribution < 1.29 is 0 Å². The minimum absolute atomic E-state index is 0.772. The average molecular weight is 256 g/mol. The summed E-state index contributed by atoms with van der Waals surface area (Å²) in [4.78, 5) is 5.42. The zero-order chi connectivity index (χ0) is 12.5. The highest BCUT2D eigenvalue weighted by molar-refractivity contribution is 7.99. The summed E-state index contributed by atoms with van der Waals surface area (Å²) in [5, 5.41) is 5.48. The Balaban J connectivity index is 2.01. The molecule has 0 aliphatic heterocycles. The molecule has 0 bridgehead atoms. The Kier molecular flexibility index (Phi) is 2.68. The number of aromatic nitrogens is 3. The van der Waals surface area contributed by atoms with Gasteiger partial charge in [-0.3, -0.25) is 0 Å². The van der Waals surface area contributed by atoms with E-state index in [-0.39, 0.29) is 0 Å². The number of hydrogen-bond acceptors (Lipinski definition) is 4. The first-order valence-corrected chi connectivity index (χ1v) is 6.39. The van der Waals surface area contributed by atoms with Crippen molar-refractivity contribution in [3.63, 3.8) is 0 Å². The molecule has 0 atom stereocenters. The zero-order valence-electron chi connectivity index (χ0n) is 9.87. The largest absolute Gasteiger partial charge is 0.399 e. The minimum atomic E-state index is 0.772. The molecule has 0 amide bonds. The third-order valence-electron chi connectivity index (χ3n) is 2.55. The Bertz CT molecular complexity index is 688. The van der Waals surface area contributed by atoms with Crippen LogP contribution in [0, 0.1) is 6.92 Å². The average Bonchev–Trinajstić information content (AvgIpc) is 2.73. The topological polar surface area (TPSA) is 56.2 Å². The highest BCUT2D eigenvalue weighted by Crippen LogP contribution is 2.28. The van der Waals surface area contributed by atoms with Gasteiger partial charge in [-0.15, -0.1) is 0 Å². The van der Waals surface area contributed by atoms with Gasteiger partial charge in [0.1, 0.15) is 5.03 Å². The predicted octanol–water partition coefficient (Wildman–Crippen LogP) is 2.77. The number of aryl methyl sites for hydroxylation is 1. The van der Waals surface area contributed by atoms with Crippen molar-refractivity contribution in [2.75, 3.05) is 5.73 Å². The predicted molar refractivity (Wildman–Crippen MR) is 72.7 cm³/mol. The number of hydrogen-bond donors (Lipinski definition) is 1. The van der Waals surface area contributed by atoms with E-state index in [1.807, 2.05) is 47.8 Å². The van der Waals surface area contributed by atoms with Crippen molar-refractivity contribution in [3.8, 4) is 0 Å². The van der Waals surface area contributed by atoms with E-state index in [9.17, 15) is 0 Å². The summed E-state index contributed by atoms with van der Waals surface area (Å²) in [5.41, 5.74) is 8.28. The lowest BCUT2D eigenvalue weighted by atomic mass is 10.3. The second-order valence-corrected chi connectivity index (χ2v) is 5.10. The molecule has 2 aromatic heterocycles. The molecule has 3 aromatic rings. The number of nitrogen functional groups attached to an aromatic ring is 1. The van der Waals surface area contributed by atoms with Crippen LogP contribution in [0.15, 0.2) is 52.5 Å². The van der Waals surface area contributed by atoms with Gasteiger partial charge >= 0.3 is 0 Å². The Morgan fingerprint density at radius 1 is 1.17 bits per heavy atom. The standard InChI is InChI=1S/C13H12N4S/c1-9-8-12-15-7-6-13(17(12)16-9)18-11-4-2-10(14)3-5-11/h2-8H,14H2,1H3. The van der Waals surface area contributed by atoms with Crippen molar-refractivity contribution in [2.24, 2.45) is 0 Å². The molecule has 2 heterocycles. The molecule has 3 rings (SSSR count). The van der Waals surface area contributed by atoms with Crippen LogP contribution in [0.1, 0.15) is 5.69 Å². The van der Waals surface area contributed by atoms with Crippen LogP contribution in [0.4, 0.5) is 5.69 Å². The number of rotatable bonds is 2. The molecule has 4 nitrogen and oxygen atoms in total. The zero-order valence-corrected chi connectivity index (χ0v) is 10.7. The number of fused-ring (bicyclic) bond motifs is 1. The van der Waals surface area contributed by atoms with E-state index in [2.05, 4.69) is 10.1 Å². The van der Waals surface area contributed by atoms with Crippen LogP contribution in [-0.2, 0) is 0 Å². The molecule has 0 saturated carbocycles. The molecule has 0 aliphatic carbocycles. The summed E-state index contributed by atoms with van der Waals surface area (Å²) in [6.07, 6.45) is 1.80. The van der Waals surface area contributed by atoms with Gasteiger partial charge in [0.2, 0.25) is 0 Å². The maximum Gasteiger partial charge on any atom is 0.156 e. The summed E-state index contributed by atoms with van der Waals surface area (Å²) in [5.74, 6) is 0. The summed E-state index contributed by atoms with van der Waals surface area (Å²) in [7, 11) is 0. The van der Waals surface area contributed by atoms with E-state index < -0.39 is 0 Å². The quantitative estimate of drug-likeness (QED) is 0.566. The Labute approximate surface area is 109 Å². The highest BCUT2D eigenvalue weighted by atomic mass is 32.2. The summed E-state index contributed by atoms with van der Waals surface area (Å²) >= 11 is 1.64. The Morgan fingerprint density at radius 3 is 2.72 bits per heavy atom. The third-order valence-corrected chi connectivity index (χ3v) is 3.57. The van der Waals surface area contributed by atoms with Crippen LogP contribution >= 0.6 is 11.8 Å². The maximum absolute atomic E-state index is 5.68. The maximum atomic E-state index is 5.68. The molecule has 5 heteroatoms. The lowest BCUT2D eigenvalue weighted by molar-refractivity contribution is 0.829. The fourth-order valence-corrected chi connectivity index (χ4v) is 2.59. The van der Waals surface area contributed by atoms with Crippen molar-refractivity contribution in [3.05, 3.63) is 48.3 Å². The Hall–Kier alpha value is -2.01. The summed E-state index contributed by atoms with van der Waals surface area (Å²) < 4.78 is 1.86. The van der Waals surface area contributed by atoms with Crippen LogP contribution in [-0.4, -0.2) is 14.6 Å². The van der Waals surface area contributed by atoms with Crippen molar-refractivity contribution in [1.29, 1.82) is 0 Å². The minimum Gasteiger partial charge on any atom is -0.399 e. The van der Waals surface area contributed by atoms with Gasteiger partial charge in [0.25, 0.3) is 0 Å². The van der Waals surface area contributed by atoms with E-state index >= 15 is 0 Å². The number of nitrogens with two attached hydrogens (primary N) is 1. The lowest BCUT2D eigenvalue weighted by Crippen LogP contribution is -1.94. The third kappa shape index (κ3) is 2.04. The van der Waals surface area contributed by atoms with Crippen LogP contribution in [0.25, 0.3) is 5.65 Å². The van der Waals surface area contributed by atoms with Crippen molar-refractivity contribution in [1.82, 2.24) is 14.6 Å². The molecular weight excluding hydrogens is 244 g/mol. The van der Waals surface area contributed by atoms with Crippen LogP contribution < -0.4 is 5.73 Å². The van der Waals surface area contributed by atoms with Crippen molar-refractivity contribution in [2.45, 2.75) is 16.8 Å². The fraction of sp³-hybridized carbons (Fsp3) is 0.0769. The molecule has 90 valence electrons. The van der Waals surface area contributed by atoms with E-state index in [0.717, 1.165) is 26.9 Å². The molecule has 0 unspecified atom stereocenters. The highest BCUT2D eigenvalue weighted by Gasteiger charge is 2.05. The van der Waals surface area contributed by atoms with Crippen LogP contribution in [0.2, 0.25) is 0 Å². The molecule has 1 aromatic carbocycles. The van der Waals surface area contributed by atoms with E-state index in [1.165, 1.54) is 0 Å². The van der Waals surface area contributed by atoms with Gasteiger partial charge < -0.3 is 5.73 Å². The van der Waals surface area contributed by atoms with Gasteiger partial charge in [0.15, 0.2) is 5.65 Å². The Morgan fingerprint density at radius 2 is 1.94 bits per heavy atom. The van der Waals surface area contributed by atoms with E-state index in [0.29, 0.717) is 0 Å². The summed E-state index contributed by atoms with van der Waals surface area (Å²) in [6, 6.07) is 11.7. The second kappa shape index (κ2) is 4.34. The SMILES string of the molecule is Cc1cc2nccc(Sc3ccc(N)cc3)n2n1. The number of anilines is 1.